The molecule has 0 spiro atoms. The summed E-state index contributed by atoms with van der Waals surface area (Å²) in [6, 6.07) is 6.09. The highest BCUT2D eigenvalue weighted by molar-refractivity contribution is 5.94. The Morgan fingerprint density at radius 3 is 2.27 bits per heavy atom. The van der Waals surface area contributed by atoms with Gasteiger partial charge in [-0.1, -0.05) is 6.07 Å². The molecule has 2 N–H and O–H groups in total. The number of benzene rings is 1. The van der Waals surface area contributed by atoms with E-state index in [0.717, 1.165) is 16.8 Å². The number of nitrogens with zero attached hydrogens (tertiary/aromatic N) is 1. The summed E-state index contributed by atoms with van der Waals surface area (Å²) >= 11 is 0. The average molecular weight is 305 g/mol. The van der Waals surface area contributed by atoms with Gasteiger partial charge in [0.2, 0.25) is 5.91 Å². The molecule has 0 bridgehead atoms. The van der Waals surface area contributed by atoms with Gasteiger partial charge >= 0.3 is 0 Å². The zero-order valence-corrected chi connectivity index (χ0v) is 13.8. The van der Waals surface area contributed by atoms with Gasteiger partial charge in [0.25, 0.3) is 0 Å². The molecule has 0 unspecified atom stereocenters. The van der Waals surface area contributed by atoms with E-state index in [1.54, 1.807) is 4.90 Å². The number of carbonyl (C=O) groups is 1. The molecule has 1 aromatic carbocycles. The van der Waals surface area contributed by atoms with Gasteiger partial charge in [-0.3, -0.25) is 4.79 Å². The molecule has 22 heavy (non-hydrogen) atoms. The summed E-state index contributed by atoms with van der Waals surface area (Å²) in [5, 5.41) is 20.2. The highest BCUT2D eigenvalue weighted by Gasteiger charge is 2.35. The smallest absolute Gasteiger partial charge is 0.229 e. The molecule has 0 aliphatic heterocycles. The Hall–Kier alpha value is -1.39. The second-order valence-corrected chi connectivity index (χ2v) is 6.62. The van der Waals surface area contributed by atoms with Gasteiger partial charge in [0.15, 0.2) is 0 Å². The predicted octanol–water partition coefficient (Wildman–Crippen LogP) is 2.71. The summed E-state index contributed by atoms with van der Waals surface area (Å²) in [4.78, 5) is 14.4. The molecule has 1 aliphatic rings. The van der Waals surface area contributed by atoms with Crippen LogP contribution in [0, 0.1) is 13.8 Å². The van der Waals surface area contributed by atoms with Crippen molar-refractivity contribution in [3.8, 4) is 0 Å². The Kier molecular flexibility index (Phi) is 5.24. The molecule has 1 aliphatic carbocycles. The van der Waals surface area contributed by atoms with E-state index in [4.69, 9.17) is 0 Å². The van der Waals surface area contributed by atoms with Crippen molar-refractivity contribution in [1.29, 1.82) is 0 Å². The Bertz CT molecular complexity index is 513. The van der Waals surface area contributed by atoms with E-state index in [1.165, 1.54) is 0 Å². The van der Waals surface area contributed by atoms with E-state index in [-0.39, 0.29) is 18.4 Å². The summed E-state index contributed by atoms with van der Waals surface area (Å²) in [6.07, 6.45) is 1.91. The highest BCUT2D eigenvalue weighted by atomic mass is 16.3. The van der Waals surface area contributed by atoms with Crippen molar-refractivity contribution in [1.82, 2.24) is 0 Å². The first-order chi connectivity index (χ1) is 10.3. The fourth-order valence-electron chi connectivity index (χ4n) is 3.30. The first-order valence-electron chi connectivity index (χ1n) is 8.12. The van der Waals surface area contributed by atoms with Crippen LogP contribution in [0.2, 0.25) is 0 Å². The highest BCUT2D eigenvalue weighted by Crippen LogP contribution is 2.32. The normalized spacial score (nSPS) is 25.0. The minimum Gasteiger partial charge on any atom is -0.393 e. The topological polar surface area (TPSA) is 60.8 Å². The fraction of sp³-hybridized carbons (Fsp3) is 0.611. The second-order valence-electron chi connectivity index (χ2n) is 6.62. The summed E-state index contributed by atoms with van der Waals surface area (Å²) in [5.74, 6) is -0.0496. The van der Waals surface area contributed by atoms with Gasteiger partial charge in [-0.05, 0) is 69.7 Å². The van der Waals surface area contributed by atoms with Gasteiger partial charge in [0.05, 0.1) is 18.1 Å². The number of hydrogen-bond donors (Lipinski definition) is 2. The van der Waals surface area contributed by atoms with Crippen molar-refractivity contribution >= 4 is 11.6 Å². The molecular formula is C18H27NO3. The molecule has 122 valence electrons. The second kappa shape index (κ2) is 6.80. The third kappa shape index (κ3) is 4.08. The van der Waals surface area contributed by atoms with Crippen LogP contribution in [0.1, 0.15) is 50.2 Å². The summed E-state index contributed by atoms with van der Waals surface area (Å²) in [5.41, 5.74) is 2.17. The van der Waals surface area contributed by atoms with Crippen molar-refractivity contribution in [2.75, 3.05) is 11.4 Å². The van der Waals surface area contributed by atoms with Crippen LogP contribution in [-0.4, -0.2) is 34.4 Å². The first-order valence-corrected chi connectivity index (χ1v) is 8.12. The Morgan fingerprint density at radius 2 is 1.77 bits per heavy atom. The van der Waals surface area contributed by atoms with Gasteiger partial charge in [-0.25, -0.2) is 0 Å². The molecule has 1 aromatic rings. The quantitative estimate of drug-likeness (QED) is 0.899. The zero-order valence-electron chi connectivity index (χ0n) is 13.8. The number of hydrogen-bond acceptors (Lipinski definition) is 3. The largest absolute Gasteiger partial charge is 0.393 e. The number of carbonyl (C=O) groups excluding carboxylic acids is 1. The Labute approximate surface area is 132 Å². The lowest BCUT2D eigenvalue weighted by molar-refractivity contribution is -0.126. The molecule has 1 amide bonds. The summed E-state index contributed by atoms with van der Waals surface area (Å²) in [6.45, 7) is 6.57. The average Bonchev–Trinajstić information content (AvgIpc) is 2.42. The van der Waals surface area contributed by atoms with Crippen molar-refractivity contribution in [2.24, 2.45) is 0 Å². The van der Waals surface area contributed by atoms with Crippen LogP contribution in [0.25, 0.3) is 0 Å². The van der Waals surface area contributed by atoms with Crippen molar-refractivity contribution < 1.29 is 15.0 Å². The van der Waals surface area contributed by atoms with Crippen LogP contribution in [0.3, 0.4) is 0 Å². The lowest BCUT2D eigenvalue weighted by Crippen LogP contribution is -2.42. The van der Waals surface area contributed by atoms with Crippen LogP contribution in [0.4, 0.5) is 5.69 Å². The van der Waals surface area contributed by atoms with E-state index in [2.05, 4.69) is 6.07 Å². The molecule has 0 atom stereocenters. The maximum absolute atomic E-state index is 12.7. The maximum atomic E-state index is 12.7. The lowest BCUT2D eigenvalue weighted by Gasteiger charge is -2.35. The van der Waals surface area contributed by atoms with Crippen LogP contribution < -0.4 is 4.90 Å². The van der Waals surface area contributed by atoms with Gasteiger partial charge in [0, 0.05) is 12.2 Å². The molecule has 4 nitrogen and oxygen atoms in total. The maximum Gasteiger partial charge on any atom is 0.229 e. The number of rotatable bonds is 4. The van der Waals surface area contributed by atoms with Crippen LogP contribution in [-0.2, 0) is 4.79 Å². The number of amides is 1. The molecule has 1 saturated carbocycles. The predicted molar refractivity (Wildman–Crippen MR) is 88.0 cm³/mol. The molecule has 0 heterocycles. The minimum atomic E-state index is -0.970. The fourth-order valence-corrected chi connectivity index (χ4v) is 3.30. The number of anilines is 1. The molecule has 1 fully saturated rings. The Morgan fingerprint density at radius 1 is 1.23 bits per heavy atom. The van der Waals surface area contributed by atoms with Crippen LogP contribution >= 0.6 is 0 Å². The third-order valence-corrected chi connectivity index (χ3v) is 4.50. The standard InChI is InChI=1S/C18H27NO3/c1-4-19(15-10-13(2)9-14(3)11-15)17(21)12-18(22)7-5-16(20)6-8-18/h9-11,16,20,22H,4-8,12H2,1-3H3. The van der Waals surface area contributed by atoms with Gasteiger partial charge < -0.3 is 15.1 Å². The van der Waals surface area contributed by atoms with Gasteiger partial charge in [0.1, 0.15) is 0 Å². The van der Waals surface area contributed by atoms with Crippen molar-refractivity contribution in [2.45, 2.75) is 64.6 Å². The van der Waals surface area contributed by atoms with Crippen molar-refractivity contribution in [3.63, 3.8) is 0 Å². The van der Waals surface area contributed by atoms with E-state index in [0.29, 0.717) is 32.2 Å². The van der Waals surface area contributed by atoms with E-state index >= 15 is 0 Å². The minimum absolute atomic E-state index is 0.0496. The van der Waals surface area contributed by atoms with Crippen LogP contribution in [0.15, 0.2) is 18.2 Å². The molecule has 4 heteroatoms. The molecule has 0 saturated heterocycles. The molecule has 2 rings (SSSR count). The van der Waals surface area contributed by atoms with E-state index in [1.807, 2.05) is 32.9 Å². The number of aliphatic hydroxyl groups excluding tert-OH is 1. The monoisotopic (exact) mass is 305 g/mol. The third-order valence-electron chi connectivity index (χ3n) is 4.50. The summed E-state index contributed by atoms with van der Waals surface area (Å²) < 4.78 is 0. The number of aryl methyl sites for hydroxylation is 2. The lowest BCUT2D eigenvalue weighted by atomic mass is 9.81. The van der Waals surface area contributed by atoms with Gasteiger partial charge in [-0.15, -0.1) is 0 Å². The van der Waals surface area contributed by atoms with E-state index < -0.39 is 5.60 Å². The SMILES string of the molecule is CCN(C(=O)CC1(O)CCC(O)CC1)c1cc(C)cc(C)c1. The first kappa shape index (κ1) is 17.0. The van der Waals surface area contributed by atoms with E-state index in [9.17, 15) is 15.0 Å². The molecular weight excluding hydrogens is 278 g/mol. The Balaban J connectivity index is 2.12. The molecule has 0 aromatic heterocycles. The van der Waals surface area contributed by atoms with Crippen LogP contribution in [0.5, 0.6) is 0 Å². The van der Waals surface area contributed by atoms with Crippen molar-refractivity contribution in [3.05, 3.63) is 29.3 Å². The number of aliphatic hydroxyl groups is 2. The summed E-state index contributed by atoms with van der Waals surface area (Å²) in [7, 11) is 0. The zero-order chi connectivity index (χ0) is 16.3. The molecule has 0 radical (unpaired) electrons. The van der Waals surface area contributed by atoms with Gasteiger partial charge in [-0.2, -0.15) is 0 Å².